The average molecular weight is 555 g/mol. The van der Waals surface area contributed by atoms with Gasteiger partial charge in [0, 0.05) is 42.1 Å². The van der Waals surface area contributed by atoms with E-state index >= 15 is 0 Å². The summed E-state index contributed by atoms with van der Waals surface area (Å²) in [6.45, 7) is 7.67. The van der Waals surface area contributed by atoms with E-state index in [2.05, 4.69) is 63.6 Å². The van der Waals surface area contributed by atoms with E-state index in [-0.39, 0.29) is 6.10 Å². The van der Waals surface area contributed by atoms with E-state index < -0.39 is 7.14 Å². The van der Waals surface area contributed by atoms with E-state index in [9.17, 15) is 4.57 Å². The van der Waals surface area contributed by atoms with Crippen LogP contribution in [0.15, 0.2) is 42.6 Å². The standard InChI is InChI=1S/C28H36ClN6O2P/c1-18-16-20-24(35-14-12-19(13-15-35)34(2)3)11-10-23(26(20)37-18)32-28-30-17-21(29)27(33-28)31-22-8-6-7-9-25(22)38(4,5)36/h6-11,17-19H,12-16H2,1-5H3,(H2,30,31,32,33)/t18-/m0/s1. The molecule has 3 heterocycles. The van der Waals surface area contributed by atoms with E-state index in [4.69, 9.17) is 16.3 Å². The Balaban J connectivity index is 1.40. The molecule has 2 aromatic carbocycles. The molecule has 38 heavy (non-hydrogen) atoms. The highest BCUT2D eigenvalue weighted by molar-refractivity contribution is 7.70. The zero-order valence-electron chi connectivity index (χ0n) is 22.7. The maximum absolute atomic E-state index is 12.8. The first kappa shape index (κ1) is 26.8. The fourth-order valence-corrected chi connectivity index (χ4v) is 6.60. The Morgan fingerprint density at radius 2 is 1.82 bits per heavy atom. The highest BCUT2D eigenvalue weighted by Crippen LogP contribution is 2.44. The third kappa shape index (κ3) is 5.63. The molecule has 2 aliphatic heterocycles. The molecule has 0 aliphatic carbocycles. The van der Waals surface area contributed by atoms with Gasteiger partial charge in [-0.05, 0) is 71.5 Å². The third-order valence-electron chi connectivity index (χ3n) is 7.31. The molecule has 1 aromatic heterocycles. The first-order valence-corrected chi connectivity index (χ1v) is 16.0. The van der Waals surface area contributed by atoms with Gasteiger partial charge in [-0.2, -0.15) is 4.98 Å². The van der Waals surface area contributed by atoms with Crippen molar-refractivity contribution in [3.8, 4) is 5.75 Å². The van der Waals surface area contributed by atoms with Crippen molar-refractivity contribution in [1.29, 1.82) is 0 Å². The van der Waals surface area contributed by atoms with Crippen LogP contribution < -0.4 is 25.6 Å². The van der Waals surface area contributed by atoms with Crippen molar-refractivity contribution in [2.75, 3.05) is 56.0 Å². The van der Waals surface area contributed by atoms with Crippen molar-refractivity contribution >= 4 is 52.9 Å². The largest absolute Gasteiger partial charge is 0.488 e. The van der Waals surface area contributed by atoms with Crippen LogP contribution in [0.3, 0.4) is 0 Å². The average Bonchev–Trinajstić information content (AvgIpc) is 3.28. The Morgan fingerprint density at radius 3 is 2.53 bits per heavy atom. The SMILES string of the molecule is C[C@H]1Cc2c(N3CCC(N(C)C)CC3)ccc(Nc3ncc(Cl)c(Nc4ccccc4P(C)(C)=O)n3)c2O1. The predicted octanol–water partition coefficient (Wildman–Crippen LogP) is 5.72. The lowest BCUT2D eigenvalue weighted by molar-refractivity contribution is 0.249. The molecule has 2 aliphatic rings. The van der Waals surface area contributed by atoms with Crippen molar-refractivity contribution < 1.29 is 9.30 Å². The number of nitrogens with one attached hydrogen (secondary N) is 2. The predicted molar refractivity (Wildman–Crippen MR) is 158 cm³/mol. The highest BCUT2D eigenvalue weighted by Gasteiger charge is 2.30. The van der Waals surface area contributed by atoms with Gasteiger partial charge in [0.1, 0.15) is 24.0 Å². The molecule has 0 unspecified atom stereocenters. The summed E-state index contributed by atoms with van der Waals surface area (Å²) >= 11 is 6.45. The van der Waals surface area contributed by atoms with Crippen LogP contribution in [-0.2, 0) is 11.0 Å². The molecule has 8 nitrogen and oxygen atoms in total. The second-order valence-electron chi connectivity index (χ2n) is 10.8. The molecule has 0 spiro atoms. The fourth-order valence-electron chi connectivity index (χ4n) is 5.31. The Hall–Kier alpha value is -2.80. The molecule has 202 valence electrons. The highest BCUT2D eigenvalue weighted by atomic mass is 35.5. The number of anilines is 5. The number of ether oxygens (including phenoxy) is 1. The lowest BCUT2D eigenvalue weighted by Gasteiger charge is -2.37. The van der Waals surface area contributed by atoms with Crippen LogP contribution in [-0.4, -0.2) is 67.5 Å². The molecule has 0 saturated carbocycles. The van der Waals surface area contributed by atoms with Crippen LogP contribution >= 0.6 is 18.7 Å². The lowest BCUT2D eigenvalue weighted by atomic mass is 10.0. The van der Waals surface area contributed by atoms with Crippen molar-refractivity contribution in [2.45, 2.75) is 38.3 Å². The molecule has 0 radical (unpaired) electrons. The summed E-state index contributed by atoms with van der Waals surface area (Å²) in [5, 5.41) is 7.73. The van der Waals surface area contributed by atoms with Crippen molar-refractivity contribution in [1.82, 2.24) is 14.9 Å². The number of aromatic nitrogens is 2. The van der Waals surface area contributed by atoms with Gasteiger partial charge in [0.2, 0.25) is 5.95 Å². The molecule has 1 atom stereocenters. The molecule has 3 aromatic rings. The van der Waals surface area contributed by atoms with Crippen LogP contribution in [0.2, 0.25) is 5.02 Å². The minimum atomic E-state index is -2.50. The van der Waals surface area contributed by atoms with E-state index in [1.807, 2.05) is 24.3 Å². The molecular weight excluding hydrogens is 519 g/mol. The Labute approximate surface area is 230 Å². The minimum absolute atomic E-state index is 0.102. The molecule has 1 fully saturated rings. The normalized spacial score (nSPS) is 17.9. The molecule has 1 saturated heterocycles. The number of benzene rings is 2. The second-order valence-corrected chi connectivity index (χ2v) is 14.4. The lowest BCUT2D eigenvalue weighted by Crippen LogP contribution is -2.42. The van der Waals surface area contributed by atoms with E-state index in [1.165, 1.54) is 11.3 Å². The fraction of sp³-hybridized carbons (Fsp3) is 0.429. The minimum Gasteiger partial charge on any atom is -0.488 e. The summed E-state index contributed by atoms with van der Waals surface area (Å²) in [6.07, 6.45) is 4.84. The summed E-state index contributed by atoms with van der Waals surface area (Å²) in [5.74, 6) is 1.70. The molecule has 2 N–H and O–H groups in total. The van der Waals surface area contributed by atoms with E-state index in [0.717, 1.165) is 49.1 Å². The summed E-state index contributed by atoms with van der Waals surface area (Å²) in [7, 11) is 1.83. The van der Waals surface area contributed by atoms with Gasteiger partial charge in [0.15, 0.2) is 5.82 Å². The van der Waals surface area contributed by atoms with Crippen molar-refractivity contribution in [3.05, 3.63) is 53.2 Å². The summed E-state index contributed by atoms with van der Waals surface area (Å²) < 4.78 is 19.1. The third-order valence-corrected chi connectivity index (χ3v) is 9.14. The first-order chi connectivity index (χ1) is 18.1. The molecule has 0 amide bonds. The van der Waals surface area contributed by atoms with Gasteiger partial charge in [0.25, 0.3) is 0 Å². The maximum atomic E-state index is 12.8. The monoisotopic (exact) mass is 554 g/mol. The van der Waals surface area contributed by atoms with Crippen LogP contribution in [0, 0.1) is 0 Å². The maximum Gasteiger partial charge on any atom is 0.229 e. The second kappa shape index (κ2) is 10.8. The number of para-hydroxylation sites is 1. The Bertz CT molecular complexity index is 1370. The van der Waals surface area contributed by atoms with Crippen molar-refractivity contribution in [2.24, 2.45) is 0 Å². The van der Waals surface area contributed by atoms with Crippen molar-refractivity contribution in [3.63, 3.8) is 0 Å². The zero-order valence-corrected chi connectivity index (χ0v) is 24.3. The van der Waals surface area contributed by atoms with Crippen LogP contribution in [0.1, 0.15) is 25.3 Å². The van der Waals surface area contributed by atoms with Gasteiger partial charge in [0.05, 0.1) is 17.6 Å². The smallest absolute Gasteiger partial charge is 0.229 e. The number of piperidine rings is 1. The first-order valence-electron chi connectivity index (χ1n) is 13.0. The van der Waals surface area contributed by atoms with Crippen LogP contribution in [0.5, 0.6) is 5.75 Å². The summed E-state index contributed by atoms with van der Waals surface area (Å²) in [5.41, 5.74) is 4.03. The quantitative estimate of drug-likeness (QED) is 0.359. The van der Waals surface area contributed by atoms with Crippen LogP contribution in [0.4, 0.5) is 28.8 Å². The van der Waals surface area contributed by atoms with Gasteiger partial charge in [-0.3, -0.25) is 0 Å². The summed E-state index contributed by atoms with van der Waals surface area (Å²) in [6, 6.07) is 12.4. The number of nitrogens with zero attached hydrogens (tertiary/aromatic N) is 4. The summed E-state index contributed by atoms with van der Waals surface area (Å²) in [4.78, 5) is 13.9. The molecule has 0 bridgehead atoms. The number of fused-ring (bicyclic) bond motifs is 1. The van der Waals surface area contributed by atoms with E-state index in [1.54, 1.807) is 19.5 Å². The number of halogens is 1. The molecule has 5 rings (SSSR count). The van der Waals surface area contributed by atoms with Gasteiger partial charge >= 0.3 is 0 Å². The van der Waals surface area contributed by atoms with Crippen LogP contribution in [0.25, 0.3) is 0 Å². The number of hydrogen-bond donors (Lipinski definition) is 2. The molecule has 10 heteroatoms. The Morgan fingerprint density at radius 1 is 1.08 bits per heavy atom. The Kier molecular flexibility index (Phi) is 7.58. The zero-order chi connectivity index (χ0) is 27.0. The van der Waals surface area contributed by atoms with E-state index in [0.29, 0.717) is 28.5 Å². The number of rotatable bonds is 7. The van der Waals surface area contributed by atoms with Gasteiger partial charge < -0.3 is 29.7 Å². The van der Waals surface area contributed by atoms with Gasteiger partial charge in [-0.1, -0.05) is 23.7 Å². The number of hydrogen-bond acceptors (Lipinski definition) is 8. The van der Waals surface area contributed by atoms with Gasteiger partial charge in [-0.25, -0.2) is 4.98 Å². The molecular formula is C28H36ClN6O2P. The topological polar surface area (TPSA) is 82.6 Å². The van der Waals surface area contributed by atoms with Gasteiger partial charge in [-0.15, -0.1) is 0 Å².